The van der Waals surface area contributed by atoms with Crippen molar-refractivity contribution in [3.8, 4) is 11.4 Å². The highest BCUT2D eigenvalue weighted by atomic mass is 32.2. The SMILES string of the molecule is Nc1nc(-c2cccc(/C=C3\SC(=S)N(CCCCCc4nn[nH]n4)C3=O)c2)nc2ccccc12. The quantitative estimate of drug-likeness (QED) is 0.209. The lowest BCUT2D eigenvalue weighted by Gasteiger charge is -2.13. The number of aryl methyl sites for hydroxylation is 1. The molecule has 0 atom stereocenters. The van der Waals surface area contributed by atoms with Gasteiger partial charge < -0.3 is 5.73 Å². The Morgan fingerprint density at radius 1 is 1.09 bits per heavy atom. The molecule has 3 heterocycles. The Morgan fingerprint density at radius 3 is 2.83 bits per heavy atom. The van der Waals surface area contributed by atoms with E-state index in [2.05, 4.69) is 30.6 Å². The van der Waals surface area contributed by atoms with Crippen molar-refractivity contribution >= 4 is 57.0 Å². The first-order chi connectivity index (χ1) is 17.1. The molecule has 1 saturated heterocycles. The number of amides is 1. The van der Waals surface area contributed by atoms with E-state index >= 15 is 0 Å². The van der Waals surface area contributed by atoms with Crippen molar-refractivity contribution in [2.75, 3.05) is 12.3 Å². The monoisotopic (exact) mass is 502 g/mol. The smallest absolute Gasteiger partial charge is 0.266 e. The van der Waals surface area contributed by atoms with Gasteiger partial charge in [0, 0.05) is 23.9 Å². The predicted molar refractivity (Wildman–Crippen MR) is 141 cm³/mol. The number of nitrogens with one attached hydrogen (secondary N) is 1. The van der Waals surface area contributed by atoms with Crippen LogP contribution in [0.1, 0.15) is 30.7 Å². The van der Waals surface area contributed by atoms with Crippen molar-refractivity contribution in [3.63, 3.8) is 0 Å². The molecule has 1 amide bonds. The van der Waals surface area contributed by atoms with Crippen LogP contribution >= 0.6 is 24.0 Å². The first-order valence-corrected chi connectivity index (χ1v) is 12.4. The van der Waals surface area contributed by atoms with Gasteiger partial charge in [-0.3, -0.25) is 9.69 Å². The van der Waals surface area contributed by atoms with E-state index in [1.807, 2.05) is 54.6 Å². The molecule has 9 nitrogen and oxygen atoms in total. The number of anilines is 1. The number of thioether (sulfide) groups is 1. The molecular formula is C24H22N8OS2. The summed E-state index contributed by atoms with van der Waals surface area (Å²) in [6, 6.07) is 15.4. The van der Waals surface area contributed by atoms with Crippen LogP contribution in [0, 0.1) is 0 Å². The standard InChI is InChI=1S/C24H22N8OS2/c25-21-17-9-3-4-10-18(17)26-22(27-21)16-8-6-7-15(13-16)14-19-23(33)32(24(34)35-19)12-5-1-2-11-20-28-30-31-29-20/h3-4,6-10,13-14H,1-2,5,11-12H2,(H2,25,26,27)(H,28,29,30,31)/b19-14-. The second kappa shape index (κ2) is 10.3. The van der Waals surface area contributed by atoms with Crippen molar-refractivity contribution in [1.82, 2.24) is 35.5 Å². The van der Waals surface area contributed by atoms with Gasteiger partial charge in [0.2, 0.25) is 0 Å². The number of carbonyl (C=O) groups excluding carboxylic acids is 1. The number of aromatic nitrogens is 6. The molecule has 11 heteroatoms. The average molecular weight is 503 g/mol. The maximum absolute atomic E-state index is 13.0. The minimum atomic E-state index is -0.0604. The van der Waals surface area contributed by atoms with Gasteiger partial charge in [0.15, 0.2) is 11.6 Å². The van der Waals surface area contributed by atoms with E-state index in [1.54, 1.807) is 4.90 Å². The highest BCUT2D eigenvalue weighted by Gasteiger charge is 2.31. The van der Waals surface area contributed by atoms with Crippen molar-refractivity contribution in [1.29, 1.82) is 0 Å². The first kappa shape index (κ1) is 23.1. The minimum Gasteiger partial charge on any atom is -0.383 e. The molecule has 0 bridgehead atoms. The zero-order valence-electron chi connectivity index (χ0n) is 18.7. The van der Waals surface area contributed by atoms with E-state index in [1.165, 1.54) is 11.8 Å². The number of nitrogens with zero attached hydrogens (tertiary/aromatic N) is 6. The Kier molecular flexibility index (Phi) is 6.77. The molecule has 0 saturated carbocycles. The summed E-state index contributed by atoms with van der Waals surface area (Å²) in [6.07, 6.45) is 5.36. The zero-order chi connectivity index (χ0) is 24.2. The number of tetrazole rings is 1. The summed E-state index contributed by atoms with van der Waals surface area (Å²) in [5, 5.41) is 14.7. The van der Waals surface area contributed by atoms with Gasteiger partial charge in [-0.05, 0) is 42.7 Å². The molecule has 3 N–H and O–H groups in total. The van der Waals surface area contributed by atoms with Crippen LogP contribution < -0.4 is 5.73 Å². The molecule has 4 aromatic rings. The normalized spacial score (nSPS) is 15.0. The Hall–Kier alpha value is -3.70. The maximum Gasteiger partial charge on any atom is 0.266 e. The van der Waals surface area contributed by atoms with Crippen LogP contribution in [0.15, 0.2) is 53.4 Å². The molecule has 2 aromatic carbocycles. The number of hydrogen-bond acceptors (Lipinski definition) is 9. The van der Waals surface area contributed by atoms with Crippen molar-refractivity contribution in [3.05, 3.63) is 64.8 Å². The Labute approximate surface area is 211 Å². The lowest BCUT2D eigenvalue weighted by molar-refractivity contribution is -0.122. The molecule has 0 spiro atoms. The number of benzene rings is 2. The number of aromatic amines is 1. The molecule has 0 unspecified atom stereocenters. The van der Waals surface area contributed by atoms with E-state index in [-0.39, 0.29) is 5.91 Å². The van der Waals surface area contributed by atoms with Gasteiger partial charge in [0.25, 0.3) is 5.91 Å². The largest absolute Gasteiger partial charge is 0.383 e. The number of para-hydroxylation sites is 1. The molecule has 2 aromatic heterocycles. The van der Waals surface area contributed by atoms with Gasteiger partial charge in [-0.25, -0.2) is 9.97 Å². The van der Waals surface area contributed by atoms with Gasteiger partial charge in [-0.2, -0.15) is 5.21 Å². The number of fused-ring (bicyclic) bond motifs is 1. The molecule has 0 aliphatic carbocycles. The molecular weight excluding hydrogens is 480 g/mol. The number of H-pyrrole nitrogens is 1. The van der Waals surface area contributed by atoms with E-state index in [4.69, 9.17) is 18.0 Å². The Balaban J connectivity index is 1.26. The molecule has 176 valence electrons. The fourth-order valence-electron chi connectivity index (χ4n) is 3.86. The number of hydrogen-bond donors (Lipinski definition) is 2. The van der Waals surface area contributed by atoms with Gasteiger partial charge >= 0.3 is 0 Å². The first-order valence-electron chi connectivity index (χ1n) is 11.2. The Morgan fingerprint density at radius 2 is 1.97 bits per heavy atom. The van der Waals surface area contributed by atoms with Crippen LogP contribution in [0.2, 0.25) is 0 Å². The summed E-state index contributed by atoms with van der Waals surface area (Å²) in [4.78, 5) is 24.4. The lowest BCUT2D eigenvalue weighted by Crippen LogP contribution is -2.29. The number of rotatable bonds is 8. The van der Waals surface area contributed by atoms with E-state index in [0.29, 0.717) is 33.2 Å². The Bertz CT molecular complexity index is 1420. The highest BCUT2D eigenvalue weighted by molar-refractivity contribution is 8.26. The third kappa shape index (κ3) is 5.20. The fraction of sp³-hybridized carbons (Fsp3) is 0.208. The van der Waals surface area contributed by atoms with Crippen LogP contribution in [0.5, 0.6) is 0 Å². The number of carbonyl (C=O) groups is 1. The third-order valence-corrected chi connectivity index (χ3v) is 7.00. The van der Waals surface area contributed by atoms with E-state index in [0.717, 1.165) is 47.7 Å². The van der Waals surface area contributed by atoms with E-state index in [9.17, 15) is 4.79 Å². The molecule has 1 aliphatic rings. The van der Waals surface area contributed by atoms with Gasteiger partial charge in [0.1, 0.15) is 10.1 Å². The minimum absolute atomic E-state index is 0.0604. The number of nitrogens with two attached hydrogens (primary N) is 1. The zero-order valence-corrected chi connectivity index (χ0v) is 20.4. The highest BCUT2D eigenvalue weighted by Crippen LogP contribution is 2.33. The maximum atomic E-state index is 13.0. The average Bonchev–Trinajstić information content (AvgIpc) is 3.47. The summed E-state index contributed by atoms with van der Waals surface area (Å²) in [5.41, 5.74) is 8.65. The molecule has 1 aliphatic heterocycles. The second-order valence-corrected chi connectivity index (χ2v) is 9.72. The number of nitrogen functional groups attached to an aromatic ring is 1. The van der Waals surface area contributed by atoms with Crippen LogP contribution in [-0.4, -0.2) is 52.3 Å². The fourth-order valence-corrected chi connectivity index (χ4v) is 5.17. The second-order valence-electron chi connectivity index (χ2n) is 8.05. The molecule has 5 rings (SSSR count). The topological polar surface area (TPSA) is 127 Å². The van der Waals surface area contributed by atoms with Crippen LogP contribution in [-0.2, 0) is 11.2 Å². The van der Waals surface area contributed by atoms with E-state index < -0.39 is 0 Å². The van der Waals surface area contributed by atoms with Crippen LogP contribution in [0.25, 0.3) is 28.4 Å². The van der Waals surface area contributed by atoms with Crippen LogP contribution in [0.3, 0.4) is 0 Å². The van der Waals surface area contributed by atoms with Gasteiger partial charge in [-0.15, -0.1) is 10.2 Å². The summed E-state index contributed by atoms with van der Waals surface area (Å²) in [7, 11) is 0. The molecule has 35 heavy (non-hydrogen) atoms. The van der Waals surface area contributed by atoms with Crippen LogP contribution in [0.4, 0.5) is 5.82 Å². The predicted octanol–water partition coefficient (Wildman–Crippen LogP) is 4.01. The number of unbranched alkanes of at least 4 members (excludes halogenated alkanes) is 2. The summed E-state index contributed by atoms with van der Waals surface area (Å²) < 4.78 is 0.584. The summed E-state index contributed by atoms with van der Waals surface area (Å²) in [5.74, 6) is 1.63. The van der Waals surface area contributed by atoms with Crippen molar-refractivity contribution < 1.29 is 4.79 Å². The summed E-state index contributed by atoms with van der Waals surface area (Å²) >= 11 is 6.81. The lowest BCUT2D eigenvalue weighted by atomic mass is 10.1. The summed E-state index contributed by atoms with van der Waals surface area (Å²) in [6.45, 7) is 0.596. The van der Waals surface area contributed by atoms with Gasteiger partial charge in [-0.1, -0.05) is 65.9 Å². The van der Waals surface area contributed by atoms with Crippen molar-refractivity contribution in [2.24, 2.45) is 0 Å². The molecule has 1 fully saturated rings. The third-order valence-electron chi connectivity index (χ3n) is 5.62. The van der Waals surface area contributed by atoms with Crippen molar-refractivity contribution in [2.45, 2.75) is 25.7 Å². The molecule has 0 radical (unpaired) electrons. The number of thiocarbonyl (C=S) groups is 1. The van der Waals surface area contributed by atoms with Gasteiger partial charge in [0.05, 0.1) is 10.4 Å².